The zero-order valence-corrected chi connectivity index (χ0v) is 19.9. The van der Waals surface area contributed by atoms with Crippen LogP contribution in [0.5, 0.6) is 0 Å². The standard InChI is InChI=1S/C28H29N3O3/c1-18(31(2)3)16-19-10-13-22(14-11-19)29-26(20-8-6-5-7-9-20)25-23-15-12-21(28(33)34-4)17-24(23)30-27(25)32/h5-15,17-18,29H,16H2,1-4H3,(H,30,32). The molecule has 1 atom stereocenters. The van der Waals surface area contributed by atoms with Gasteiger partial charge in [0.1, 0.15) is 0 Å². The first-order chi connectivity index (χ1) is 16.4. The number of methoxy groups -OCH3 is 1. The molecule has 0 saturated heterocycles. The molecule has 1 aliphatic heterocycles. The fourth-order valence-electron chi connectivity index (χ4n) is 3.94. The number of carbonyl (C=O) groups excluding carboxylic acids is 2. The van der Waals surface area contributed by atoms with Crippen molar-refractivity contribution in [1.29, 1.82) is 0 Å². The summed E-state index contributed by atoms with van der Waals surface area (Å²) in [5, 5.41) is 6.37. The van der Waals surface area contributed by atoms with E-state index in [0.29, 0.717) is 28.6 Å². The second-order valence-corrected chi connectivity index (χ2v) is 8.66. The molecule has 3 aromatic carbocycles. The number of amides is 1. The van der Waals surface area contributed by atoms with E-state index >= 15 is 0 Å². The molecule has 1 amide bonds. The molecule has 6 nitrogen and oxygen atoms in total. The lowest BCUT2D eigenvalue weighted by molar-refractivity contribution is -0.110. The average molecular weight is 456 g/mol. The zero-order valence-electron chi connectivity index (χ0n) is 19.9. The Labute approximate surface area is 200 Å². The fourth-order valence-corrected chi connectivity index (χ4v) is 3.94. The number of esters is 1. The van der Waals surface area contributed by atoms with E-state index in [1.165, 1.54) is 12.7 Å². The van der Waals surface area contributed by atoms with Crippen molar-refractivity contribution in [2.75, 3.05) is 31.8 Å². The lowest BCUT2D eigenvalue weighted by atomic mass is 9.99. The number of nitrogens with one attached hydrogen (secondary N) is 2. The first kappa shape index (κ1) is 23.3. The molecule has 34 heavy (non-hydrogen) atoms. The maximum atomic E-state index is 13.1. The van der Waals surface area contributed by atoms with Gasteiger partial charge in [0.15, 0.2) is 0 Å². The lowest BCUT2D eigenvalue weighted by Crippen LogP contribution is -2.26. The second kappa shape index (κ2) is 9.93. The van der Waals surface area contributed by atoms with Gasteiger partial charge in [-0.2, -0.15) is 0 Å². The highest BCUT2D eigenvalue weighted by molar-refractivity contribution is 6.37. The molecule has 0 aromatic heterocycles. The smallest absolute Gasteiger partial charge is 0.337 e. The van der Waals surface area contributed by atoms with Crippen molar-refractivity contribution < 1.29 is 14.3 Å². The molecule has 0 bridgehead atoms. The third-order valence-electron chi connectivity index (χ3n) is 6.13. The van der Waals surface area contributed by atoms with Gasteiger partial charge >= 0.3 is 5.97 Å². The van der Waals surface area contributed by atoms with Crippen molar-refractivity contribution in [1.82, 2.24) is 4.90 Å². The number of benzene rings is 3. The van der Waals surface area contributed by atoms with E-state index in [2.05, 4.69) is 48.7 Å². The van der Waals surface area contributed by atoms with Crippen LogP contribution in [0, 0.1) is 0 Å². The molecule has 0 fully saturated rings. The summed E-state index contributed by atoms with van der Waals surface area (Å²) in [7, 11) is 5.50. The van der Waals surface area contributed by atoms with E-state index in [1.54, 1.807) is 18.2 Å². The number of likely N-dealkylation sites (N-methyl/N-ethyl adjacent to an activating group) is 1. The van der Waals surface area contributed by atoms with E-state index in [9.17, 15) is 9.59 Å². The Kier molecular flexibility index (Phi) is 6.80. The second-order valence-electron chi connectivity index (χ2n) is 8.66. The van der Waals surface area contributed by atoms with Gasteiger partial charge in [-0.1, -0.05) is 48.5 Å². The highest BCUT2D eigenvalue weighted by atomic mass is 16.5. The molecular weight excluding hydrogens is 426 g/mol. The maximum absolute atomic E-state index is 13.1. The van der Waals surface area contributed by atoms with Crippen LogP contribution in [0.2, 0.25) is 0 Å². The number of rotatable bonds is 7. The molecule has 2 N–H and O–H groups in total. The third kappa shape index (κ3) is 4.87. The average Bonchev–Trinajstić information content (AvgIpc) is 3.18. The third-order valence-corrected chi connectivity index (χ3v) is 6.13. The van der Waals surface area contributed by atoms with Crippen LogP contribution in [0.3, 0.4) is 0 Å². The first-order valence-electron chi connectivity index (χ1n) is 11.2. The molecule has 4 rings (SSSR count). The maximum Gasteiger partial charge on any atom is 0.337 e. The summed E-state index contributed by atoms with van der Waals surface area (Å²) in [6.45, 7) is 2.20. The minimum Gasteiger partial charge on any atom is -0.465 e. The van der Waals surface area contributed by atoms with Gasteiger partial charge in [0, 0.05) is 17.3 Å². The van der Waals surface area contributed by atoms with Crippen LogP contribution in [0.4, 0.5) is 11.4 Å². The molecule has 174 valence electrons. The fraction of sp³-hybridized carbons (Fsp3) is 0.214. The van der Waals surface area contributed by atoms with Crippen molar-refractivity contribution in [2.45, 2.75) is 19.4 Å². The van der Waals surface area contributed by atoms with Gasteiger partial charge in [0.05, 0.1) is 29.6 Å². The molecule has 0 aliphatic carbocycles. The van der Waals surface area contributed by atoms with Crippen LogP contribution in [0.25, 0.3) is 11.3 Å². The van der Waals surface area contributed by atoms with Crippen molar-refractivity contribution in [3.8, 4) is 0 Å². The predicted molar refractivity (Wildman–Crippen MR) is 137 cm³/mol. The molecule has 3 aromatic rings. The number of ether oxygens (including phenoxy) is 1. The Bertz CT molecular complexity index is 1230. The largest absolute Gasteiger partial charge is 0.465 e. The van der Waals surface area contributed by atoms with Gasteiger partial charge in [0.2, 0.25) is 0 Å². The van der Waals surface area contributed by atoms with Crippen LogP contribution < -0.4 is 10.6 Å². The van der Waals surface area contributed by atoms with Crippen LogP contribution >= 0.6 is 0 Å². The Morgan fingerprint density at radius 1 is 1.00 bits per heavy atom. The highest BCUT2D eigenvalue weighted by Crippen LogP contribution is 2.38. The number of carbonyl (C=O) groups is 2. The molecule has 1 aliphatic rings. The van der Waals surface area contributed by atoms with Crippen molar-refractivity contribution >= 4 is 34.5 Å². The minimum atomic E-state index is -0.445. The zero-order chi connectivity index (χ0) is 24.2. The summed E-state index contributed by atoms with van der Waals surface area (Å²) in [5.74, 6) is -0.667. The van der Waals surface area contributed by atoms with E-state index < -0.39 is 5.97 Å². The topological polar surface area (TPSA) is 70.7 Å². The number of nitrogens with zero attached hydrogens (tertiary/aromatic N) is 1. The Hall–Kier alpha value is -3.90. The van der Waals surface area contributed by atoms with E-state index in [0.717, 1.165) is 23.2 Å². The molecule has 1 heterocycles. The lowest BCUT2D eigenvalue weighted by Gasteiger charge is -2.20. The van der Waals surface area contributed by atoms with Crippen LogP contribution in [0.15, 0.2) is 72.8 Å². The van der Waals surface area contributed by atoms with Gasteiger partial charge in [-0.25, -0.2) is 4.79 Å². The summed E-state index contributed by atoms with van der Waals surface area (Å²) in [4.78, 5) is 27.2. The SMILES string of the molecule is COC(=O)c1ccc2c(c1)NC(=O)C2=C(Nc1ccc(CC(C)N(C)C)cc1)c1ccccc1. The molecule has 0 spiro atoms. The minimum absolute atomic E-state index is 0.222. The number of hydrogen-bond donors (Lipinski definition) is 2. The van der Waals surface area contributed by atoms with Crippen LogP contribution in [-0.2, 0) is 16.0 Å². The monoisotopic (exact) mass is 455 g/mol. The summed E-state index contributed by atoms with van der Waals surface area (Å²) < 4.78 is 4.81. The normalized spacial score (nSPS) is 14.9. The molecule has 0 radical (unpaired) electrons. The quantitative estimate of drug-likeness (QED) is 0.392. The number of anilines is 2. The Morgan fingerprint density at radius 3 is 2.35 bits per heavy atom. The van der Waals surface area contributed by atoms with Crippen LogP contribution in [-0.4, -0.2) is 44.0 Å². The van der Waals surface area contributed by atoms with E-state index in [4.69, 9.17) is 4.74 Å². The van der Waals surface area contributed by atoms with Gasteiger partial charge in [-0.3, -0.25) is 4.79 Å². The van der Waals surface area contributed by atoms with Gasteiger partial charge in [0.25, 0.3) is 5.91 Å². The molecule has 1 unspecified atom stereocenters. The van der Waals surface area contributed by atoms with Gasteiger partial charge in [-0.05, 0) is 62.8 Å². The van der Waals surface area contributed by atoms with E-state index in [-0.39, 0.29) is 5.91 Å². The van der Waals surface area contributed by atoms with Gasteiger partial charge < -0.3 is 20.3 Å². The summed E-state index contributed by atoms with van der Waals surface area (Å²) in [6.07, 6.45) is 0.957. The van der Waals surface area contributed by atoms with Crippen molar-refractivity contribution in [3.05, 3.63) is 95.1 Å². The predicted octanol–water partition coefficient (Wildman–Crippen LogP) is 4.90. The molecule has 6 heteroatoms. The highest BCUT2D eigenvalue weighted by Gasteiger charge is 2.29. The van der Waals surface area contributed by atoms with E-state index in [1.807, 2.05) is 42.5 Å². The Morgan fingerprint density at radius 2 is 1.71 bits per heavy atom. The first-order valence-corrected chi connectivity index (χ1v) is 11.2. The van der Waals surface area contributed by atoms with Crippen molar-refractivity contribution in [3.63, 3.8) is 0 Å². The summed E-state index contributed by atoms with van der Waals surface area (Å²) in [6, 6.07) is 23.6. The van der Waals surface area contributed by atoms with Gasteiger partial charge in [-0.15, -0.1) is 0 Å². The Balaban J connectivity index is 1.73. The molecular formula is C28H29N3O3. The number of hydrogen-bond acceptors (Lipinski definition) is 5. The summed E-state index contributed by atoms with van der Waals surface area (Å²) in [5.41, 5.74) is 5.98. The summed E-state index contributed by atoms with van der Waals surface area (Å²) >= 11 is 0. The van der Waals surface area contributed by atoms with Crippen LogP contribution in [0.1, 0.15) is 34.0 Å². The number of fused-ring (bicyclic) bond motifs is 1. The molecule has 0 saturated carbocycles. The van der Waals surface area contributed by atoms with Crippen molar-refractivity contribution in [2.24, 2.45) is 0 Å².